The number of hydrogen-bond donors (Lipinski definition) is 0. The summed E-state index contributed by atoms with van der Waals surface area (Å²) >= 11 is 1.91. The van der Waals surface area contributed by atoms with Crippen LogP contribution in [-0.2, 0) is 6.42 Å². The minimum absolute atomic E-state index is 0.585. The number of aryl methyl sites for hydroxylation is 2. The van der Waals surface area contributed by atoms with Crippen LogP contribution in [0, 0.1) is 6.92 Å². The predicted molar refractivity (Wildman–Crippen MR) is 113 cm³/mol. The first-order valence-corrected chi connectivity index (χ1v) is 11.4. The Balaban J connectivity index is 1.29. The first-order valence-electron chi connectivity index (χ1n) is 10.5. The highest BCUT2D eigenvalue weighted by Crippen LogP contribution is 2.42. The smallest absolute Gasteiger partial charge is 0.0736 e. The molecule has 0 N–H and O–H groups in total. The van der Waals surface area contributed by atoms with Crippen LogP contribution in [0.5, 0.6) is 0 Å². The van der Waals surface area contributed by atoms with Gasteiger partial charge in [-0.2, -0.15) is 0 Å². The van der Waals surface area contributed by atoms with Crippen molar-refractivity contribution in [2.45, 2.75) is 48.1 Å². The molecule has 146 valence electrons. The zero-order chi connectivity index (χ0) is 18.7. The summed E-state index contributed by atoms with van der Waals surface area (Å²) < 4.78 is 0. The average Bonchev–Trinajstić information content (AvgIpc) is 2.69. The Kier molecular flexibility index (Phi) is 4.28. The summed E-state index contributed by atoms with van der Waals surface area (Å²) in [5.41, 5.74) is 4.57. The number of fused-ring (bicyclic) bond motifs is 1. The van der Waals surface area contributed by atoms with Gasteiger partial charge in [0.1, 0.15) is 0 Å². The molecule has 4 fully saturated rings. The Morgan fingerprint density at radius 2 is 1.64 bits per heavy atom. The lowest BCUT2D eigenvalue weighted by atomic mass is 9.80. The van der Waals surface area contributed by atoms with E-state index in [-0.39, 0.29) is 0 Å². The topological polar surface area (TPSA) is 13.0 Å². The highest BCUT2D eigenvalue weighted by Gasteiger charge is 2.47. The molecule has 28 heavy (non-hydrogen) atoms. The van der Waals surface area contributed by atoms with E-state index in [1.54, 1.807) is 11.1 Å². The standard InChI is InChI=1S/C23H28N4S/c1-17-5-2-3-8-22(17)28-19-9-10-20-18(11-19)6-4-7-21(20)23-26-13-24-12-25(15-26)16-27(23)14-24/h2-3,5,8-11,21,23H,4,6-7,12-16H2,1H3. The highest BCUT2D eigenvalue weighted by atomic mass is 32.2. The maximum Gasteiger partial charge on any atom is 0.0736 e. The van der Waals surface area contributed by atoms with E-state index >= 15 is 0 Å². The lowest BCUT2D eigenvalue weighted by Gasteiger charge is -2.62. The third kappa shape index (κ3) is 2.92. The normalized spacial score (nSPS) is 35.8. The van der Waals surface area contributed by atoms with E-state index in [1.807, 2.05) is 11.8 Å². The van der Waals surface area contributed by atoms with E-state index in [9.17, 15) is 0 Å². The molecule has 4 aliphatic heterocycles. The molecule has 0 saturated carbocycles. The summed E-state index contributed by atoms with van der Waals surface area (Å²) in [6.45, 7) is 7.93. The maximum atomic E-state index is 2.70. The zero-order valence-electron chi connectivity index (χ0n) is 16.6. The molecule has 2 aromatic carbocycles. The molecule has 0 amide bonds. The molecule has 0 spiro atoms. The minimum Gasteiger partial charge on any atom is -0.264 e. The Morgan fingerprint density at radius 3 is 2.39 bits per heavy atom. The lowest BCUT2D eigenvalue weighted by Crippen LogP contribution is -2.76. The molecule has 2 aromatic rings. The summed E-state index contributed by atoms with van der Waals surface area (Å²) in [5.74, 6) is 0.656. The van der Waals surface area contributed by atoms with Crippen molar-refractivity contribution < 1.29 is 0 Å². The van der Waals surface area contributed by atoms with Crippen LogP contribution >= 0.6 is 11.8 Å². The van der Waals surface area contributed by atoms with Gasteiger partial charge in [0.05, 0.1) is 39.5 Å². The molecule has 1 atom stereocenters. The van der Waals surface area contributed by atoms with Crippen LogP contribution in [0.1, 0.15) is 35.4 Å². The van der Waals surface area contributed by atoms with Gasteiger partial charge in [-0.1, -0.05) is 36.0 Å². The summed E-state index contributed by atoms with van der Waals surface area (Å²) in [4.78, 5) is 13.3. The largest absolute Gasteiger partial charge is 0.264 e. The summed E-state index contributed by atoms with van der Waals surface area (Å²) in [7, 11) is 0. The van der Waals surface area contributed by atoms with Gasteiger partial charge in [0.15, 0.2) is 0 Å². The third-order valence-corrected chi connectivity index (χ3v) is 8.00. The molecule has 4 heterocycles. The number of benzene rings is 2. The fraction of sp³-hybridized carbons (Fsp3) is 0.478. The van der Waals surface area contributed by atoms with E-state index in [1.165, 1.54) is 34.6 Å². The van der Waals surface area contributed by atoms with Crippen LogP contribution < -0.4 is 0 Å². The van der Waals surface area contributed by atoms with Crippen LogP contribution in [0.4, 0.5) is 0 Å². The first kappa shape index (κ1) is 17.5. The Bertz CT molecular complexity index is 870. The second-order valence-electron chi connectivity index (χ2n) is 8.87. The SMILES string of the molecule is Cc1ccccc1Sc1ccc2c(c1)CCCC2C1N2CN3CN(C2)CN1C3. The molecule has 5 aliphatic rings. The van der Waals surface area contributed by atoms with Gasteiger partial charge in [-0.3, -0.25) is 19.6 Å². The average molecular weight is 393 g/mol. The quantitative estimate of drug-likeness (QED) is 0.783. The Morgan fingerprint density at radius 1 is 0.893 bits per heavy atom. The van der Waals surface area contributed by atoms with Crippen molar-refractivity contribution in [3.05, 3.63) is 59.2 Å². The molecule has 1 unspecified atom stereocenters. The van der Waals surface area contributed by atoms with Gasteiger partial charge in [0.2, 0.25) is 0 Å². The third-order valence-electron chi connectivity index (χ3n) is 6.83. The van der Waals surface area contributed by atoms with Gasteiger partial charge in [0.25, 0.3) is 0 Å². The van der Waals surface area contributed by atoms with Gasteiger partial charge in [-0.05, 0) is 61.1 Å². The van der Waals surface area contributed by atoms with Crippen molar-refractivity contribution in [1.29, 1.82) is 0 Å². The monoisotopic (exact) mass is 392 g/mol. The van der Waals surface area contributed by atoms with Crippen LogP contribution in [0.3, 0.4) is 0 Å². The molecule has 0 radical (unpaired) electrons. The number of rotatable bonds is 3. The zero-order valence-corrected chi connectivity index (χ0v) is 17.4. The van der Waals surface area contributed by atoms with Crippen LogP contribution in [0.15, 0.2) is 52.3 Å². The lowest BCUT2D eigenvalue weighted by molar-refractivity contribution is -0.237. The molecule has 1 aliphatic carbocycles. The fourth-order valence-electron chi connectivity index (χ4n) is 5.74. The van der Waals surface area contributed by atoms with Crippen LogP contribution in [0.2, 0.25) is 0 Å². The molecule has 7 rings (SSSR count). The van der Waals surface area contributed by atoms with E-state index in [0.717, 1.165) is 33.3 Å². The summed E-state index contributed by atoms with van der Waals surface area (Å²) in [6.07, 6.45) is 4.47. The van der Waals surface area contributed by atoms with Crippen molar-refractivity contribution in [2.75, 3.05) is 33.3 Å². The van der Waals surface area contributed by atoms with Gasteiger partial charge in [0, 0.05) is 15.7 Å². The van der Waals surface area contributed by atoms with Crippen molar-refractivity contribution in [3.63, 3.8) is 0 Å². The van der Waals surface area contributed by atoms with E-state index in [4.69, 9.17) is 0 Å². The molecule has 5 heteroatoms. The Hall–Kier alpha value is -1.37. The molecule has 4 saturated heterocycles. The van der Waals surface area contributed by atoms with Crippen molar-refractivity contribution >= 4 is 11.8 Å². The van der Waals surface area contributed by atoms with Crippen molar-refractivity contribution in [3.8, 4) is 0 Å². The predicted octanol–water partition coefficient (Wildman–Crippen LogP) is 3.93. The fourth-order valence-corrected chi connectivity index (χ4v) is 6.71. The number of hydrogen-bond acceptors (Lipinski definition) is 5. The molecule has 0 aromatic heterocycles. The molecular weight excluding hydrogens is 364 g/mol. The van der Waals surface area contributed by atoms with E-state index in [2.05, 4.69) is 69.0 Å². The second kappa shape index (κ2) is 6.85. The van der Waals surface area contributed by atoms with Crippen molar-refractivity contribution in [2.24, 2.45) is 0 Å². The number of nitrogens with zero attached hydrogens (tertiary/aromatic N) is 4. The molecule has 4 bridgehead atoms. The first-order chi connectivity index (χ1) is 13.7. The molecular formula is C23H28N4S. The van der Waals surface area contributed by atoms with Gasteiger partial charge in [-0.15, -0.1) is 0 Å². The highest BCUT2D eigenvalue weighted by molar-refractivity contribution is 7.99. The van der Waals surface area contributed by atoms with Crippen LogP contribution in [0.25, 0.3) is 0 Å². The van der Waals surface area contributed by atoms with Gasteiger partial charge < -0.3 is 0 Å². The summed E-state index contributed by atoms with van der Waals surface area (Å²) in [6, 6.07) is 16.0. The molecule has 4 nitrogen and oxygen atoms in total. The summed E-state index contributed by atoms with van der Waals surface area (Å²) in [5, 5.41) is 0. The van der Waals surface area contributed by atoms with Gasteiger partial charge >= 0.3 is 0 Å². The van der Waals surface area contributed by atoms with E-state index in [0.29, 0.717) is 12.1 Å². The maximum absolute atomic E-state index is 2.70. The second-order valence-corrected chi connectivity index (χ2v) is 9.98. The minimum atomic E-state index is 0.585. The van der Waals surface area contributed by atoms with Crippen LogP contribution in [-0.4, -0.2) is 59.1 Å². The Labute approximate surface area is 172 Å². The van der Waals surface area contributed by atoms with Crippen molar-refractivity contribution in [1.82, 2.24) is 19.6 Å². The van der Waals surface area contributed by atoms with Gasteiger partial charge in [-0.25, -0.2) is 0 Å². The van der Waals surface area contributed by atoms with E-state index < -0.39 is 0 Å².